The van der Waals surface area contributed by atoms with E-state index in [4.69, 9.17) is 5.11 Å². The number of benzene rings is 1. The van der Waals surface area contributed by atoms with Gasteiger partial charge in [0, 0.05) is 12.7 Å². The second-order valence-electron chi connectivity index (χ2n) is 5.34. The van der Waals surface area contributed by atoms with E-state index in [2.05, 4.69) is 5.10 Å². The first kappa shape index (κ1) is 15.5. The Morgan fingerprint density at radius 3 is 2.52 bits per heavy atom. The highest BCUT2D eigenvalue weighted by Gasteiger charge is 2.33. The van der Waals surface area contributed by atoms with Gasteiger partial charge in [0.25, 0.3) is 5.91 Å². The lowest BCUT2D eigenvalue weighted by molar-refractivity contribution is -0.137. The largest absolute Gasteiger partial charge is 0.416 e. The number of halogens is 3. The number of likely N-dealkylation sites (tertiary alicyclic amines) is 1. The van der Waals surface area contributed by atoms with Gasteiger partial charge in [0.05, 0.1) is 35.7 Å². The summed E-state index contributed by atoms with van der Waals surface area (Å²) in [6.45, 7) is 0.494. The Morgan fingerprint density at radius 2 is 2.00 bits per heavy atom. The van der Waals surface area contributed by atoms with Crippen LogP contribution in [0.4, 0.5) is 13.2 Å². The third-order valence-electron chi connectivity index (χ3n) is 3.90. The number of nitrogens with zero attached hydrogens (tertiary/aromatic N) is 3. The second kappa shape index (κ2) is 5.69. The maximum absolute atomic E-state index is 12.5. The molecule has 0 aliphatic carbocycles. The number of amides is 1. The molecule has 0 radical (unpaired) electrons. The van der Waals surface area contributed by atoms with E-state index >= 15 is 0 Å². The Morgan fingerprint density at radius 1 is 1.30 bits per heavy atom. The fourth-order valence-electron chi connectivity index (χ4n) is 2.44. The minimum atomic E-state index is -4.39. The zero-order valence-electron chi connectivity index (χ0n) is 12.0. The topological polar surface area (TPSA) is 58.4 Å². The smallest absolute Gasteiger partial charge is 0.394 e. The number of alkyl halides is 3. The molecule has 1 aromatic heterocycles. The van der Waals surface area contributed by atoms with Crippen molar-refractivity contribution in [2.75, 3.05) is 13.2 Å². The molecule has 1 aromatic carbocycles. The van der Waals surface area contributed by atoms with Crippen LogP contribution in [0.1, 0.15) is 22.3 Å². The van der Waals surface area contributed by atoms with Crippen LogP contribution in [0.15, 0.2) is 36.7 Å². The summed E-state index contributed by atoms with van der Waals surface area (Å²) in [6, 6.07) is 4.36. The van der Waals surface area contributed by atoms with Gasteiger partial charge in [0.15, 0.2) is 0 Å². The molecule has 0 bridgehead atoms. The normalized spacial score (nSPS) is 17.9. The van der Waals surface area contributed by atoms with Gasteiger partial charge < -0.3 is 10.0 Å². The van der Waals surface area contributed by atoms with Crippen LogP contribution in [0.25, 0.3) is 5.69 Å². The number of aliphatic hydroxyl groups is 1. The Hall–Kier alpha value is -2.35. The fourth-order valence-corrected chi connectivity index (χ4v) is 2.44. The molecule has 23 heavy (non-hydrogen) atoms. The van der Waals surface area contributed by atoms with Crippen molar-refractivity contribution in [1.82, 2.24) is 14.7 Å². The van der Waals surface area contributed by atoms with Crippen molar-refractivity contribution in [3.8, 4) is 5.69 Å². The lowest BCUT2D eigenvalue weighted by atomic mass is 10.0. The van der Waals surface area contributed by atoms with Crippen LogP contribution in [0.3, 0.4) is 0 Å². The summed E-state index contributed by atoms with van der Waals surface area (Å²) in [5.74, 6) is -0.242. The van der Waals surface area contributed by atoms with Crippen molar-refractivity contribution in [2.45, 2.75) is 18.6 Å². The minimum Gasteiger partial charge on any atom is -0.394 e. The molecule has 1 N–H and O–H groups in total. The van der Waals surface area contributed by atoms with Crippen LogP contribution in [-0.2, 0) is 6.18 Å². The molecule has 1 atom stereocenters. The van der Waals surface area contributed by atoms with Crippen LogP contribution in [-0.4, -0.2) is 44.9 Å². The lowest BCUT2D eigenvalue weighted by Crippen LogP contribution is -2.52. The Balaban J connectivity index is 1.78. The van der Waals surface area contributed by atoms with Gasteiger partial charge in [-0.3, -0.25) is 4.79 Å². The molecule has 1 aliphatic heterocycles. The van der Waals surface area contributed by atoms with Crippen LogP contribution < -0.4 is 0 Å². The average Bonchev–Trinajstić information content (AvgIpc) is 2.95. The predicted molar refractivity (Wildman–Crippen MR) is 75.1 cm³/mol. The molecular formula is C15H14F3N3O2. The van der Waals surface area contributed by atoms with Crippen LogP contribution in [0.5, 0.6) is 0 Å². The third-order valence-corrected chi connectivity index (χ3v) is 3.90. The first-order valence-corrected chi connectivity index (χ1v) is 7.04. The lowest BCUT2D eigenvalue weighted by Gasteiger charge is -2.39. The summed E-state index contributed by atoms with van der Waals surface area (Å²) >= 11 is 0. The predicted octanol–water partition coefficient (Wildman–Crippen LogP) is 2.10. The molecule has 0 saturated carbocycles. The fraction of sp³-hybridized carbons (Fsp3) is 0.333. The van der Waals surface area contributed by atoms with Gasteiger partial charge in [0.1, 0.15) is 0 Å². The van der Waals surface area contributed by atoms with Crippen molar-refractivity contribution < 1.29 is 23.1 Å². The standard InChI is InChI=1S/C15H14F3N3O2/c16-15(17,18)11-1-3-12(4-2-11)21-8-10(7-19-21)14(23)20-6-5-13(20)9-22/h1-4,7-8,13,22H,5-6,9H2. The van der Waals surface area contributed by atoms with Crippen molar-refractivity contribution >= 4 is 5.91 Å². The van der Waals surface area contributed by atoms with E-state index in [1.165, 1.54) is 29.2 Å². The summed E-state index contributed by atoms with van der Waals surface area (Å²) in [6.07, 6.45) is -0.791. The highest BCUT2D eigenvalue weighted by Crippen LogP contribution is 2.29. The van der Waals surface area contributed by atoms with Gasteiger partial charge in [0.2, 0.25) is 0 Å². The van der Waals surface area contributed by atoms with Crippen molar-refractivity contribution in [1.29, 1.82) is 0 Å². The van der Waals surface area contributed by atoms with Gasteiger partial charge in [-0.25, -0.2) is 4.68 Å². The van der Waals surface area contributed by atoms with Crippen LogP contribution in [0, 0.1) is 0 Å². The maximum atomic E-state index is 12.5. The molecule has 1 saturated heterocycles. The van der Waals surface area contributed by atoms with Crippen molar-refractivity contribution in [3.05, 3.63) is 47.8 Å². The highest BCUT2D eigenvalue weighted by molar-refractivity contribution is 5.94. The molecular weight excluding hydrogens is 311 g/mol. The van der Waals surface area contributed by atoms with Gasteiger partial charge in [-0.1, -0.05) is 0 Å². The second-order valence-corrected chi connectivity index (χ2v) is 5.34. The van der Waals surface area contributed by atoms with E-state index in [1.54, 1.807) is 4.90 Å². The molecule has 1 fully saturated rings. The third kappa shape index (κ3) is 2.94. The Bertz CT molecular complexity index is 708. The first-order chi connectivity index (χ1) is 10.9. The number of rotatable bonds is 3. The van der Waals surface area contributed by atoms with Gasteiger partial charge >= 0.3 is 6.18 Å². The zero-order valence-corrected chi connectivity index (χ0v) is 12.0. The van der Waals surface area contributed by atoms with E-state index in [1.807, 2.05) is 0 Å². The van der Waals surface area contributed by atoms with Crippen LogP contribution >= 0.6 is 0 Å². The molecule has 1 unspecified atom stereocenters. The summed E-state index contributed by atoms with van der Waals surface area (Å²) in [7, 11) is 0. The number of carbonyl (C=O) groups excluding carboxylic acids is 1. The molecule has 1 amide bonds. The molecule has 8 heteroatoms. The van der Waals surface area contributed by atoms with Crippen molar-refractivity contribution in [2.24, 2.45) is 0 Å². The number of hydrogen-bond acceptors (Lipinski definition) is 3. The molecule has 3 rings (SSSR count). The number of aliphatic hydroxyl groups excluding tert-OH is 1. The Kier molecular flexibility index (Phi) is 3.85. The monoisotopic (exact) mass is 325 g/mol. The maximum Gasteiger partial charge on any atom is 0.416 e. The quantitative estimate of drug-likeness (QED) is 0.940. The first-order valence-electron chi connectivity index (χ1n) is 7.04. The summed E-state index contributed by atoms with van der Waals surface area (Å²) < 4.78 is 39.0. The van der Waals surface area contributed by atoms with E-state index in [0.717, 1.165) is 18.6 Å². The van der Waals surface area contributed by atoms with Crippen LogP contribution in [0.2, 0.25) is 0 Å². The number of carbonyl (C=O) groups is 1. The van der Waals surface area contributed by atoms with Gasteiger partial charge in [-0.05, 0) is 30.7 Å². The van der Waals surface area contributed by atoms with Crippen molar-refractivity contribution in [3.63, 3.8) is 0 Å². The highest BCUT2D eigenvalue weighted by atomic mass is 19.4. The molecule has 122 valence electrons. The number of hydrogen-bond donors (Lipinski definition) is 1. The average molecular weight is 325 g/mol. The minimum absolute atomic E-state index is 0.0845. The van der Waals surface area contributed by atoms with E-state index in [9.17, 15) is 18.0 Å². The number of aromatic nitrogens is 2. The van der Waals surface area contributed by atoms with Gasteiger partial charge in [-0.15, -0.1) is 0 Å². The van der Waals surface area contributed by atoms with Gasteiger partial charge in [-0.2, -0.15) is 18.3 Å². The molecule has 2 heterocycles. The summed E-state index contributed by atoms with van der Waals surface area (Å²) in [5, 5.41) is 13.1. The molecule has 1 aliphatic rings. The van der Waals surface area contributed by atoms with E-state index in [-0.39, 0.29) is 18.6 Å². The summed E-state index contributed by atoms with van der Waals surface area (Å²) in [4.78, 5) is 13.8. The molecule has 2 aromatic rings. The van der Waals surface area contributed by atoms with E-state index in [0.29, 0.717) is 17.8 Å². The SMILES string of the molecule is O=C(c1cnn(-c2ccc(C(F)(F)F)cc2)c1)N1CCC1CO. The zero-order chi connectivity index (χ0) is 16.6. The summed E-state index contributed by atoms with van der Waals surface area (Å²) in [5.41, 5.74) is 0.0264. The Labute approximate surface area is 129 Å². The molecule has 0 spiro atoms. The van der Waals surface area contributed by atoms with E-state index < -0.39 is 11.7 Å². The molecule has 5 nitrogen and oxygen atoms in total.